The molecule has 1 heteroatoms. The van der Waals surface area contributed by atoms with Crippen LogP contribution in [0.3, 0.4) is 0 Å². The summed E-state index contributed by atoms with van der Waals surface area (Å²) in [7, 11) is 0. The molecule has 0 radical (unpaired) electrons. The highest BCUT2D eigenvalue weighted by Gasteiger charge is 2.36. The summed E-state index contributed by atoms with van der Waals surface area (Å²) in [6.45, 7) is 4.50. The molecule has 1 nitrogen and oxygen atoms in total. The molecular weight excluding hydrogens is 254 g/mol. The van der Waals surface area contributed by atoms with Crippen molar-refractivity contribution >= 4 is 0 Å². The molecule has 0 atom stereocenters. The minimum Gasteiger partial charge on any atom is -0.197 e. The summed E-state index contributed by atoms with van der Waals surface area (Å²) in [5, 5.41) is 9.77. The van der Waals surface area contributed by atoms with Gasteiger partial charge in [-0.1, -0.05) is 57.4 Å². The van der Waals surface area contributed by atoms with Gasteiger partial charge in [-0.2, -0.15) is 5.26 Å². The predicted molar refractivity (Wildman–Crippen MR) is 89.2 cm³/mol. The van der Waals surface area contributed by atoms with Crippen molar-refractivity contribution in [3.05, 3.63) is 35.4 Å². The van der Waals surface area contributed by atoms with Crippen LogP contribution in [0.15, 0.2) is 24.3 Å². The van der Waals surface area contributed by atoms with Gasteiger partial charge < -0.3 is 0 Å². The lowest BCUT2D eigenvalue weighted by Gasteiger charge is -2.35. The fourth-order valence-corrected chi connectivity index (χ4v) is 3.70. The van der Waals surface area contributed by atoms with E-state index in [0.29, 0.717) is 0 Å². The standard InChI is InChI=1S/C20H29N/c1-3-5-7-18-8-10-19(11-9-18)20(16-21)14-12-17(6-4-2)13-15-20/h8-11,17H,3-7,12-15H2,1-2H3/t17-,20+. The Balaban J connectivity index is 2.06. The molecule has 0 aromatic heterocycles. The number of aryl methyl sites for hydroxylation is 1. The third-order valence-corrected chi connectivity index (χ3v) is 5.20. The summed E-state index contributed by atoms with van der Waals surface area (Å²) >= 11 is 0. The molecule has 0 aliphatic heterocycles. The summed E-state index contributed by atoms with van der Waals surface area (Å²) in [4.78, 5) is 0. The van der Waals surface area contributed by atoms with E-state index >= 15 is 0 Å². The number of hydrogen-bond acceptors (Lipinski definition) is 1. The third-order valence-electron chi connectivity index (χ3n) is 5.20. The fraction of sp³-hybridized carbons (Fsp3) is 0.650. The number of benzene rings is 1. The lowest BCUT2D eigenvalue weighted by atomic mass is 9.67. The quantitative estimate of drug-likeness (QED) is 0.649. The van der Waals surface area contributed by atoms with Crippen LogP contribution >= 0.6 is 0 Å². The highest BCUT2D eigenvalue weighted by molar-refractivity contribution is 5.35. The topological polar surface area (TPSA) is 23.8 Å². The highest BCUT2D eigenvalue weighted by Crippen LogP contribution is 2.42. The molecule has 0 N–H and O–H groups in total. The van der Waals surface area contributed by atoms with Crippen molar-refractivity contribution in [2.24, 2.45) is 5.92 Å². The van der Waals surface area contributed by atoms with Gasteiger partial charge >= 0.3 is 0 Å². The maximum Gasteiger partial charge on any atom is 0.0822 e. The van der Waals surface area contributed by atoms with Gasteiger partial charge in [-0.05, 0) is 55.6 Å². The van der Waals surface area contributed by atoms with E-state index in [1.807, 2.05) is 0 Å². The Kier molecular flexibility index (Phi) is 5.85. The molecule has 21 heavy (non-hydrogen) atoms. The van der Waals surface area contributed by atoms with Crippen LogP contribution in [0, 0.1) is 17.2 Å². The van der Waals surface area contributed by atoms with E-state index in [-0.39, 0.29) is 5.41 Å². The monoisotopic (exact) mass is 283 g/mol. The fourth-order valence-electron chi connectivity index (χ4n) is 3.70. The van der Waals surface area contributed by atoms with Crippen molar-refractivity contribution in [1.29, 1.82) is 5.26 Å². The molecule has 0 saturated heterocycles. The normalized spacial score (nSPS) is 25.5. The zero-order chi connectivity index (χ0) is 15.1. The van der Waals surface area contributed by atoms with Crippen molar-refractivity contribution < 1.29 is 0 Å². The predicted octanol–water partition coefficient (Wildman–Crippen LogP) is 5.78. The zero-order valence-electron chi connectivity index (χ0n) is 13.7. The minimum absolute atomic E-state index is 0.215. The van der Waals surface area contributed by atoms with Gasteiger partial charge in [0.25, 0.3) is 0 Å². The van der Waals surface area contributed by atoms with Crippen LogP contribution in [0.5, 0.6) is 0 Å². The molecule has 0 spiro atoms. The smallest absolute Gasteiger partial charge is 0.0822 e. The Bertz CT molecular complexity index is 458. The van der Waals surface area contributed by atoms with E-state index in [1.165, 1.54) is 49.7 Å². The number of rotatable bonds is 6. The van der Waals surface area contributed by atoms with Crippen LogP contribution in [0.25, 0.3) is 0 Å². The second-order valence-electron chi connectivity index (χ2n) is 6.73. The number of nitriles is 1. The molecule has 1 aromatic rings. The van der Waals surface area contributed by atoms with Gasteiger partial charge in [0.05, 0.1) is 11.5 Å². The summed E-state index contributed by atoms with van der Waals surface area (Å²) in [5.41, 5.74) is 2.45. The van der Waals surface area contributed by atoms with Gasteiger partial charge in [-0.25, -0.2) is 0 Å². The van der Waals surface area contributed by atoms with Crippen LogP contribution in [0.4, 0.5) is 0 Å². The largest absolute Gasteiger partial charge is 0.197 e. The van der Waals surface area contributed by atoms with Gasteiger partial charge in [-0.15, -0.1) is 0 Å². The van der Waals surface area contributed by atoms with E-state index in [1.54, 1.807) is 0 Å². The van der Waals surface area contributed by atoms with E-state index in [4.69, 9.17) is 0 Å². The van der Waals surface area contributed by atoms with Crippen molar-refractivity contribution in [2.45, 2.75) is 77.0 Å². The van der Waals surface area contributed by atoms with Gasteiger partial charge in [-0.3, -0.25) is 0 Å². The van der Waals surface area contributed by atoms with Crippen LogP contribution in [0.1, 0.15) is 76.3 Å². The molecule has 1 aliphatic rings. The second-order valence-corrected chi connectivity index (χ2v) is 6.73. The molecule has 0 unspecified atom stereocenters. The highest BCUT2D eigenvalue weighted by atomic mass is 14.4. The van der Waals surface area contributed by atoms with Gasteiger partial charge in [0.15, 0.2) is 0 Å². The number of nitrogens with zero attached hydrogens (tertiary/aromatic N) is 1. The Labute approximate surface area is 130 Å². The van der Waals surface area contributed by atoms with Crippen molar-refractivity contribution in [2.75, 3.05) is 0 Å². The first-order valence-electron chi connectivity index (χ1n) is 8.74. The van der Waals surface area contributed by atoms with E-state index < -0.39 is 0 Å². The van der Waals surface area contributed by atoms with E-state index in [0.717, 1.165) is 25.2 Å². The maximum atomic E-state index is 9.77. The zero-order valence-corrected chi connectivity index (χ0v) is 13.7. The second kappa shape index (κ2) is 7.64. The SMILES string of the molecule is CCCCc1ccc([C@]2(C#N)CC[C@H](CCC)CC2)cc1. The van der Waals surface area contributed by atoms with E-state index in [9.17, 15) is 5.26 Å². The maximum absolute atomic E-state index is 9.77. The average Bonchev–Trinajstić information content (AvgIpc) is 2.55. The van der Waals surface area contributed by atoms with Crippen LogP contribution < -0.4 is 0 Å². The van der Waals surface area contributed by atoms with Gasteiger partial charge in [0.2, 0.25) is 0 Å². The molecule has 1 aromatic carbocycles. The summed E-state index contributed by atoms with van der Waals surface area (Å²) < 4.78 is 0. The number of hydrogen-bond donors (Lipinski definition) is 0. The van der Waals surface area contributed by atoms with E-state index in [2.05, 4.69) is 44.2 Å². The van der Waals surface area contributed by atoms with Crippen LogP contribution in [-0.4, -0.2) is 0 Å². The lowest BCUT2D eigenvalue weighted by Crippen LogP contribution is -2.30. The Morgan fingerprint density at radius 3 is 2.29 bits per heavy atom. The minimum atomic E-state index is -0.215. The Hall–Kier alpha value is -1.29. The molecule has 0 bridgehead atoms. The molecule has 1 aliphatic carbocycles. The third kappa shape index (κ3) is 3.88. The van der Waals surface area contributed by atoms with Crippen molar-refractivity contribution in [3.63, 3.8) is 0 Å². The molecular formula is C20H29N. The molecule has 2 rings (SSSR count). The summed E-state index contributed by atoms with van der Waals surface area (Å²) in [6, 6.07) is 11.6. The Morgan fingerprint density at radius 2 is 1.76 bits per heavy atom. The first-order chi connectivity index (χ1) is 10.2. The Morgan fingerprint density at radius 1 is 1.10 bits per heavy atom. The van der Waals surface area contributed by atoms with Crippen molar-refractivity contribution in [1.82, 2.24) is 0 Å². The molecule has 114 valence electrons. The van der Waals surface area contributed by atoms with Crippen LogP contribution in [-0.2, 0) is 11.8 Å². The summed E-state index contributed by atoms with van der Waals surface area (Å²) in [5.74, 6) is 0.848. The molecule has 1 fully saturated rings. The first-order valence-corrected chi connectivity index (χ1v) is 8.74. The van der Waals surface area contributed by atoms with Crippen molar-refractivity contribution in [3.8, 4) is 6.07 Å². The number of unbranched alkanes of at least 4 members (excludes halogenated alkanes) is 1. The van der Waals surface area contributed by atoms with Gasteiger partial charge in [0.1, 0.15) is 0 Å². The average molecular weight is 283 g/mol. The summed E-state index contributed by atoms with van der Waals surface area (Å²) in [6.07, 6.45) is 10.8. The van der Waals surface area contributed by atoms with Gasteiger partial charge in [0, 0.05) is 0 Å². The molecule has 0 amide bonds. The molecule has 1 saturated carbocycles. The molecule has 0 heterocycles. The first kappa shape index (κ1) is 16.1. The van der Waals surface area contributed by atoms with Crippen LogP contribution in [0.2, 0.25) is 0 Å². The lowest BCUT2D eigenvalue weighted by molar-refractivity contribution is 0.265.